The van der Waals surface area contributed by atoms with E-state index in [-0.39, 0.29) is 5.82 Å². The van der Waals surface area contributed by atoms with Crippen LogP contribution < -0.4 is 5.32 Å². The molecule has 17 heavy (non-hydrogen) atoms. The van der Waals surface area contributed by atoms with Crippen molar-refractivity contribution in [2.24, 2.45) is 5.41 Å². The molecule has 2 rings (SSSR count). The number of rotatable bonds is 2. The third-order valence-corrected chi connectivity index (χ3v) is 4.84. The van der Waals surface area contributed by atoms with Crippen molar-refractivity contribution in [1.29, 1.82) is 0 Å². The summed E-state index contributed by atoms with van der Waals surface area (Å²) in [7, 11) is 0. The molecular formula is C13H17ClFNS. The first kappa shape index (κ1) is 13.0. The van der Waals surface area contributed by atoms with Crippen molar-refractivity contribution in [3.8, 4) is 0 Å². The number of halogens is 2. The molecule has 0 amide bonds. The van der Waals surface area contributed by atoms with E-state index in [0.717, 1.165) is 17.9 Å². The molecule has 1 aromatic rings. The van der Waals surface area contributed by atoms with E-state index in [2.05, 4.69) is 19.2 Å². The fraction of sp³-hybridized carbons (Fsp3) is 0.538. The Bertz CT molecular complexity index is 408. The van der Waals surface area contributed by atoms with Crippen LogP contribution in [0.2, 0.25) is 5.02 Å². The minimum atomic E-state index is -0.293. The summed E-state index contributed by atoms with van der Waals surface area (Å²) >= 11 is 7.97. The third-order valence-electron chi connectivity index (χ3n) is 2.90. The number of nitrogens with one attached hydrogen (secondary N) is 1. The van der Waals surface area contributed by atoms with Crippen molar-refractivity contribution >= 4 is 29.1 Å². The van der Waals surface area contributed by atoms with E-state index in [0.29, 0.717) is 16.5 Å². The molecular weight excluding hydrogens is 257 g/mol. The second-order valence-electron chi connectivity index (χ2n) is 5.35. The second-order valence-corrected chi connectivity index (χ2v) is 6.79. The maximum absolute atomic E-state index is 12.9. The van der Waals surface area contributed by atoms with E-state index in [1.54, 1.807) is 6.07 Å². The van der Waals surface area contributed by atoms with Crippen molar-refractivity contribution in [1.82, 2.24) is 0 Å². The molecule has 1 aliphatic rings. The smallest absolute Gasteiger partial charge is 0.124 e. The summed E-state index contributed by atoms with van der Waals surface area (Å²) in [4.78, 5) is 0. The van der Waals surface area contributed by atoms with Crippen molar-refractivity contribution < 1.29 is 4.39 Å². The lowest BCUT2D eigenvalue weighted by atomic mass is 9.88. The Morgan fingerprint density at radius 3 is 2.88 bits per heavy atom. The summed E-state index contributed by atoms with van der Waals surface area (Å²) in [5.41, 5.74) is 1.18. The van der Waals surface area contributed by atoms with Crippen LogP contribution >= 0.6 is 23.4 Å². The van der Waals surface area contributed by atoms with Gasteiger partial charge in [-0.05, 0) is 35.8 Å². The van der Waals surface area contributed by atoms with Crippen LogP contribution in [0.25, 0.3) is 0 Å². The highest BCUT2D eigenvalue weighted by Crippen LogP contribution is 2.35. The summed E-state index contributed by atoms with van der Waals surface area (Å²) in [6.45, 7) is 4.56. The van der Waals surface area contributed by atoms with Gasteiger partial charge in [0.15, 0.2) is 0 Å². The highest BCUT2D eigenvalue weighted by molar-refractivity contribution is 7.99. The minimum absolute atomic E-state index is 0.293. The third kappa shape index (κ3) is 3.52. The Balaban J connectivity index is 2.05. The number of benzene rings is 1. The molecule has 0 saturated carbocycles. The van der Waals surface area contributed by atoms with Gasteiger partial charge in [0.1, 0.15) is 5.82 Å². The Morgan fingerprint density at radius 1 is 1.47 bits per heavy atom. The van der Waals surface area contributed by atoms with E-state index >= 15 is 0 Å². The molecule has 1 unspecified atom stereocenters. The number of anilines is 1. The zero-order valence-electron chi connectivity index (χ0n) is 10.1. The van der Waals surface area contributed by atoms with Gasteiger partial charge in [0, 0.05) is 11.8 Å². The van der Waals surface area contributed by atoms with Crippen LogP contribution in [0.5, 0.6) is 0 Å². The van der Waals surface area contributed by atoms with Gasteiger partial charge in [0.05, 0.1) is 10.7 Å². The molecule has 1 fully saturated rings. The lowest BCUT2D eigenvalue weighted by molar-refractivity contribution is 0.358. The second kappa shape index (κ2) is 5.07. The fourth-order valence-electron chi connectivity index (χ4n) is 2.18. The predicted molar refractivity (Wildman–Crippen MR) is 74.5 cm³/mol. The zero-order valence-corrected chi connectivity index (χ0v) is 11.7. The van der Waals surface area contributed by atoms with Gasteiger partial charge in [0.25, 0.3) is 0 Å². The highest BCUT2D eigenvalue weighted by atomic mass is 35.5. The van der Waals surface area contributed by atoms with E-state index in [9.17, 15) is 4.39 Å². The first-order valence-electron chi connectivity index (χ1n) is 5.76. The molecule has 1 N–H and O–H groups in total. The van der Waals surface area contributed by atoms with Crippen LogP contribution in [-0.2, 0) is 0 Å². The fourth-order valence-corrected chi connectivity index (χ4v) is 3.68. The average molecular weight is 274 g/mol. The topological polar surface area (TPSA) is 12.0 Å². The normalized spacial score (nSPS) is 23.4. The van der Waals surface area contributed by atoms with Crippen LogP contribution in [0.3, 0.4) is 0 Å². The Kier molecular flexibility index (Phi) is 3.88. The first-order valence-corrected chi connectivity index (χ1v) is 7.29. The molecule has 0 aliphatic carbocycles. The van der Waals surface area contributed by atoms with Gasteiger partial charge in [-0.3, -0.25) is 0 Å². The Morgan fingerprint density at radius 2 is 2.24 bits per heavy atom. The molecule has 0 aromatic heterocycles. The van der Waals surface area contributed by atoms with Crippen molar-refractivity contribution in [3.05, 3.63) is 29.0 Å². The standard InChI is InChI=1S/C13H17ClFNS/c1-13(2)6-10(7-17-8-13)16-12-4-3-9(15)5-11(12)14/h3-5,10,16H,6-8H2,1-2H3. The van der Waals surface area contributed by atoms with E-state index < -0.39 is 0 Å². The summed E-state index contributed by atoms with van der Waals surface area (Å²) in [5, 5.41) is 3.87. The summed E-state index contributed by atoms with van der Waals surface area (Å²) < 4.78 is 12.9. The summed E-state index contributed by atoms with van der Waals surface area (Å²) in [6, 6.07) is 4.91. The van der Waals surface area contributed by atoms with Gasteiger partial charge in [-0.1, -0.05) is 25.4 Å². The van der Waals surface area contributed by atoms with Crippen LogP contribution in [0.15, 0.2) is 18.2 Å². The van der Waals surface area contributed by atoms with E-state index in [1.807, 2.05) is 11.8 Å². The largest absolute Gasteiger partial charge is 0.380 e. The maximum Gasteiger partial charge on any atom is 0.124 e. The molecule has 0 spiro atoms. The maximum atomic E-state index is 12.9. The lowest BCUT2D eigenvalue weighted by Crippen LogP contribution is -2.35. The van der Waals surface area contributed by atoms with E-state index in [4.69, 9.17) is 11.6 Å². The van der Waals surface area contributed by atoms with Gasteiger partial charge in [-0.15, -0.1) is 0 Å². The molecule has 4 heteroatoms. The van der Waals surface area contributed by atoms with Gasteiger partial charge in [0.2, 0.25) is 0 Å². The van der Waals surface area contributed by atoms with Crippen LogP contribution in [0, 0.1) is 11.2 Å². The molecule has 0 radical (unpaired) electrons. The molecule has 94 valence electrons. The van der Waals surface area contributed by atoms with E-state index in [1.165, 1.54) is 17.9 Å². The van der Waals surface area contributed by atoms with Crippen molar-refractivity contribution in [3.63, 3.8) is 0 Å². The number of hydrogen-bond acceptors (Lipinski definition) is 2. The predicted octanol–water partition coefficient (Wildman–Crippen LogP) is 4.42. The molecule has 1 atom stereocenters. The van der Waals surface area contributed by atoms with Gasteiger partial charge in [-0.25, -0.2) is 4.39 Å². The summed E-state index contributed by atoms with van der Waals surface area (Å²) in [6.07, 6.45) is 1.12. The number of hydrogen-bond donors (Lipinski definition) is 1. The quantitative estimate of drug-likeness (QED) is 0.856. The minimum Gasteiger partial charge on any atom is -0.380 e. The molecule has 1 aliphatic heterocycles. The van der Waals surface area contributed by atoms with Crippen molar-refractivity contribution in [2.45, 2.75) is 26.3 Å². The Labute approximate surface area is 111 Å². The molecule has 1 saturated heterocycles. The van der Waals surface area contributed by atoms with Crippen LogP contribution in [0.4, 0.5) is 10.1 Å². The van der Waals surface area contributed by atoms with Crippen LogP contribution in [0.1, 0.15) is 20.3 Å². The lowest BCUT2D eigenvalue weighted by Gasteiger charge is -2.35. The molecule has 0 bridgehead atoms. The van der Waals surface area contributed by atoms with Gasteiger partial charge >= 0.3 is 0 Å². The Hall–Kier alpha value is -0.410. The molecule has 1 aromatic carbocycles. The van der Waals surface area contributed by atoms with Gasteiger partial charge < -0.3 is 5.32 Å². The highest BCUT2D eigenvalue weighted by Gasteiger charge is 2.28. The average Bonchev–Trinajstić information content (AvgIpc) is 2.21. The SMILES string of the molecule is CC1(C)CSCC(Nc2ccc(F)cc2Cl)C1. The van der Waals surface area contributed by atoms with Crippen molar-refractivity contribution in [2.75, 3.05) is 16.8 Å². The monoisotopic (exact) mass is 273 g/mol. The molecule has 1 nitrogen and oxygen atoms in total. The van der Waals surface area contributed by atoms with Crippen LogP contribution in [-0.4, -0.2) is 17.5 Å². The zero-order chi connectivity index (χ0) is 12.5. The summed E-state index contributed by atoms with van der Waals surface area (Å²) in [5.74, 6) is 1.98. The number of thioether (sulfide) groups is 1. The first-order chi connectivity index (χ1) is 7.96. The molecule has 1 heterocycles. The van der Waals surface area contributed by atoms with Gasteiger partial charge in [-0.2, -0.15) is 11.8 Å².